The number of benzene rings is 2. The van der Waals surface area contributed by atoms with E-state index in [1.165, 1.54) is 12.1 Å². The van der Waals surface area contributed by atoms with E-state index in [2.05, 4.69) is 15.6 Å². The number of aromatic nitrogens is 3. The number of amides is 1. The van der Waals surface area contributed by atoms with Crippen molar-refractivity contribution in [3.05, 3.63) is 76.5 Å². The van der Waals surface area contributed by atoms with E-state index < -0.39 is 5.91 Å². The summed E-state index contributed by atoms with van der Waals surface area (Å²) in [5.74, 6) is 0.0336. The fourth-order valence-electron chi connectivity index (χ4n) is 3.30. The number of nitrogens with zero attached hydrogens (tertiary/aromatic N) is 3. The molecule has 8 heteroatoms. The molecule has 2 aromatic carbocycles. The van der Waals surface area contributed by atoms with Crippen LogP contribution in [0.3, 0.4) is 0 Å². The van der Waals surface area contributed by atoms with Crippen LogP contribution in [-0.4, -0.2) is 20.9 Å². The Kier molecular flexibility index (Phi) is 5.07. The average molecular weight is 413 g/mol. The number of halogens is 2. The van der Waals surface area contributed by atoms with Crippen molar-refractivity contribution in [1.29, 1.82) is 0 Å². The lowest BCUT2D eigenvalue weighted by molar-refractivity contribution is 0.102. The molecule has 29 heavy (non-hydrogen) atoms. The van der Waals surface area contributed by atoms with Crippen LogP contribution in [0.15, 0.2) is 53.1 Å². The van der Waals surface area contributed by atoms with E-state index in [-0.39, 0.29) is 17.6 Å². The van der Waals surface area contributed by atoms with Gasteiger partial charge in [-0.1, -0.05) is 35.9 Å². The van der Waals surface area contributed by atoms with E-state index in [1.54, 1.807) is 35.1 Å². The number of hydrogen-bond acceptors (Lipinski definition) is 4. The maximum absolute atomic E-state index is 13.2. The van der Waals surface area contributed by atoms with Crippen molar-refractivity contribution >= 4 is 34.2 Å². The van der Waals surface area contributed by atoms with Gasteiger partial charge in [0.15, 0.2) is 11.3 Å². The van der Waals surface area contributed by atoms with E-state index in [1.807, 2.05) is 19.9 Å². The SMILES string of the molecule is CCC(c1ccc(F)cc1)n1cc(C(=O)Nc2cc(Cl)c3oc(C)cc3c2)nn1. The lowest BCUT2D eigenvalue weighted by atomic mass is 10.0. The van der Waals surface area contributed by atoms with Crippen molar-refractivity contribution in [2.45, 2.75) is 26.3 Å². The molecule has 0 aliphatic heterocycles. The molecule has 0 fully saturated rings. The number of aryl methyl sites for hydroxylation is 1. The molecule has 0 spiro atoms. The molecule has 0 saturated carbocycles. The second-order valence-electron chi connectivity index (χ2n) is 6.75. The Morgan fingerprint density at radius 1 is 1.28 bits per heavy atom. The number of anilines is 1. The lowest BCUT2D eigenvalue weighted by Gasteiger charge is -2.15. The molecular weight excluding hydrogens is 395 g/mol. The molecular formula is C21H18ClFN4O2. The molecule has 4 rings (SSSR count). The molecule has 0 radical (unpaired) electrons. The van der Waals surface area contributed by atoms with Gasteiger partial charge in [0.2, 0.25) is 0 Å². The zero-order valence-corrected chi connectivity index (χ0v) is 16.6. The van der Waals surface area contributed by atoms with Gasteiger partial charge in [-0.15, -0.1) is 5.10 Å². The maximum Gasteiger partial charge on any atom is 0.277 e. The third-order valence-electron chi connectivity index (χ3n) is 4.66. The van der Waals surface area contributed by atoms with E-state index in [0.29, 0.717) is 22.7 Å². The number of rotatable bonds is 5. The topological polar surface area (TPSA) is 73.0 Å². The first kappa shape index (κ1) is 19.1. The Morgan fingerprint density at radius 3 is 2.76 bits per heavy atom. The third kappa shape index (κ3) is 3.86. The average Bonchev–Trinajstić information content (AvgIpc) is 3.31. The molecule has 1 unspecified atom stereocenters. The highest BCUT2D eigenvalue weighted by Gasteiger charge is 2.18. The summed E-state index contributed by atoms with van der Waals surface area (Å²) in [5, 5.41) is 12.1. The fraction of sp³-hybridized carbons (Fsp3) is 0.190. The Labute approximate surface area is 171 Å². The summed E-state index contributed by atoms with van der Waals surface area (Å²) in [6, 6.07) is 11.3. The zero-order valence-electron chi connectivity index (χ0n) is 15.8. The van der Waals surface area contributed by atoms with Crippen LogP contribution in [0.5, 0.6) is 0 Å². The molecule has 1 atom stereocenters. The number of nitrogens with one attached hydrogen (secondary N) is 1. The number of carbonyl (C=O) groups excluding carboxylic acids is 1. The smallest absolute Gasteiger partial charge is 0.277 e. The molecule has 1 N–H and O–H groups in total. The zero-order chi connectivity index (χ0) is 20.5. The molecule has 0 bridgehead atoms. The van der Waals surface area contributed by atoms with E-state index in [4.69, 9.17) is 16.0 Å². The van der Waals surface area contributed by atoms with Gasteiger partial charge in [0.1, 0.15) is 11.6 Å². The summed E-state index contributed by atoms with van der Waals surface area (Å²) in [6.07, 6.45) is 2.29. The number of fused-ring (bicyclic) bond motifs is 1. The van der Waals surface area contributed by atoms with Crippen LogP contribution in [0, 0.1) is 12.7 Å². The van der Waals surface area contributed by atoms with Gasteiger partial charge < -0.3 is 9.73 Å². The largest absolute Gasteiger partial charge is 0.460 e. The van der Waals surface area contributed by atoms with E-state index in [0.717, 1.165) is 16.7 Å². The highest BCUT2D eigenvalue weighted by molar-refractivity contribution is 6.35. The minimum atomic E-state index is -0.402. The van der Waals surface area contributed by atoms with E-state index in [9.17, 15) is 9.18 Å². The first-order valence-electron chi connectivity index (χ1n) is 9.13. The van der Waals surface area contributed by atoms with Gasteiger partial charge in [0.05, 0.1) is 17.3 Å². The van der Waals surface area contributed by atoms with Crippen LogP contribution in [0.1, 0.15) is 41.2 Å². The lowest BCUT2D eigenvalue weighted by Crippen LogP contribution is -2.13. The normalized spacial score (nSPS) is 12.3. The molecule has 4 aromatic rings. The molecule has 2 aromatic heterocycles. The summed E-state index contributed by atoms with van der Waals surface area (Å²) < 4.78 is 20.3. The highest BCUT2D eigenvalue weighted by atomic mass is 35.5. The second-order valence-corrected chi connectivity index (χ2v) is 7.15. The van der Waals surface area contributed by atoms with Gasteiger partial charge in [-0.25, -0.2) is 9.07 Å². The van der Waals surface area contributed by atoms with Gasteiger partial charge >= 0.3 is 0 Å². The predicted octanol–water partition coefficient (Wildman–Crippen LogP) is 5.38. The molecule has 0 aliphatic rings. The Morgan fingerprint density at radius 2 is 2.03 bits per heavy atom. The molecule has 2 heterocycles. The number of hydrogen-bond donors (Lipinski definition) is 1. The molecule has 148 valence electrons. The van der Waals surface area contributed by atoms with Gasteiger partial charge in [0.25, 0.3) is 5.91 Å². The van der Waals surface area contributed by atoms with Crippen LogP contribution in [-0.2, 0) is 0 Å². The van der Waals surface area contributed by atoms with Crippen LogP contribution in [0.2, 0.25) is 5.02 Å². The molecule has 1 amide bonds. The third-order valence-corrected chi connectivity index (χ3v) is 4.94. The van der Waals surface area contributed by atoms with Crippen LogP contribution in [0.25, 0.3) is 11.0 Å². The number of carbonyl (C=O) groups is 1. The van der Waals surface area contributed by atoms with E-state index >= 15 is 0 Å². The highest BCUT2D eigenvalue weighted by Crippen LogP contribution is 2.30. The Bertz CT molecular complexity index is 1180. The van der Waals surface area contributed by atoms with Crippen molar-refractivity contribution in [3.8, 4) is 0 Å². The maximum atomic E-state index is 13.2. The summed E-state index contributed by atoms with van der Waals surface area (Å²) in [5.41, 5.74) is 2.18. The summed E-state index contributed by atoms with van der Waals surface area (Å²) in [6.45, 7) is 3.82. The van der Waals surface area contributed by atoms with Crippen LogP contribution >= 0.6 is 11.6 Å². The number of furan rings is 1. The second kappa shape index (κ2) is 7.67. The first-order valence-corrected chi connectivity index (χ1v) is 9.50. The standard InChI is InChI=1S/C21H18ClFN4O2/c1-3-19(13-4-6-15(23)7-5-13)27-11-18(25-26-27)21(28)24-16-9-14-8-12(2)29-20(14)17(22)10-16/h4-11,19H,3H2,1-2H3,(H,24,28). The van der Waals surface area contributed by atoms with Crippen LogP contribution in [0.4, 0.5) is 10.1 Å². The Balaban J connectivity index is 1.56. The Hall–Kier alpha value is -3.19. The van der Waals surface area contributed by atoms with Crippen molar-refractivity contribution < 1.29 is 13.6 Å². The fourth-order valence-corrected chi connectivity index (χ4v) is 3.57. The van der Waals surface area contributed by atoms with Gasteiger partial charge in [-0.2, -0.15) is 0 Å². The van der Waals surface area contributed by atoms with Gasteiger partial charge in [-0.3, -0.25) is 4.79 Å². The van der Waals surface area contributed by atoms with Crippen molar-refractivity contribution in [1.82, 2.24) is 15.0 Å². The molecule has 0 saturated heterocycles. The predicted molar refractivity (Wildman–Crippen MR) is 109 cm³/mol. The minimum Gasteiger partial charge on any atom is -0.460 e. The van der Waals surface area contributed by atoms with Gasteiger partial charge in [-0.05, 0) is 49.2 Å². The quantitative estimate of drug-likeness (QED) is 0.477. The summed E-state index contributed by atoms with van der Waals surface area (Å²) in [4.78, 5) is 12.6. The van der Waals surface area contributed by atoms with Gasteiger partial charge in [0, 0.05) is 11.1 Å². The monoisotopic (exact) mass is 412 g/mol. The molecule has 6 nitrogen and oxygen atoms in total. The first-order chi connectivity index (χ1) is 13.9. The summed E-state index contributed by atoms with van der Waals surface area (Å²) >= 11 is 6.24. The van der Waals surface area contributed by atoms with Crippen molar-refractivity contribution in [2.75, 3.05) is 5.32 Å². The summed E-state index contributed by atoms with van der Waals surface area (Å²) in [7, 11) is 0. The van der Waals surface area contributed by atoms with Crippen LogP contribution < -0.4 is 5.32 Å². The van der Waals surface area contributed by atoms with Crippen molar-refractivity contribution in [3.63, 3.8) is 0 Å². The minimum absolute atomic E-state index is 0.149. The van der Waals surface area contributed by atoms with Crippen molar-refractivity contribution in [2.24, 2.45) is 0 Å². The molecule has 0 aliphatic carbocycles.